The van der Waals surface area contributed by atoms with E-state index in [-0.39, 0.29) is 28.6 Å². The monoisotopic (exact) mass is 503 g/mol. The van der Waals surface area contributed by atoms with Crippen LogP contribution in [-0.2, 0) is 11.4 Å². The highest BCUT2D eigenvalue weighted by molar-refractivity contribution is 8.18. The van der Waals surface area contributed by atoms with E-state index in [9.17, 15) is 14.0 Å². The molecule has 2 aliphatic rings. The molecule has 0 aromatic heterocycles. The smallest absolute Gasteiger partial charge is 0.293 e. The van der Waals surface area contributed by atoms with Crippen LogP contribution in [0.5, 0.6) is 11.5 Å². The number of ether oxygens (including phenoxy) is 2. The fourth-order valence-corrected chi connectivity index (χ4v) is 5.40. The molecule has 1 aliphatic carbocycles. The van der Waals surface area contributed by atoms with E-state index in [1.54, 1.807) is 36.4 Å². The molecule has 0 atom stereocenters. The third-order valence-corrected chi connectivity index (χ3v) is 7.19. The highest BCUT2D eigenvalue weighted by atomic mass is 35.5. The zero-order chi connectivity index (χ0) is 24.1. The van der Waals surface area contributed by atoms with Gasteiger partial charge in [-0.05, 0) is 67.3 Å². The van der Waals surface area contributed by atoms with Crippen molar-refractivity contribution < 1.29 is 23.5 Å². The van der Waals surface area contributed by atoms with E-state index in [2.05, 4.69) is 0 Å². The van der Waals surface area contributed by atoms with Gasteiger partial charge in [-0.3, -0.25) is 14.5 Å². The molecule has 5 nitrogen and oxygen atoms in total. The van der Waals surface area contributed by atoms with Crippen molar-refractivity contribution in [3.8, 4) is 11.5 Å². The lowest BCUT2D eigenvalue weighted by Crippen LogP contribution is -2.34. The molecule has 2 fully saturated rings. The molecule has 0 bridgehead atoms. The molecule has 0 radical (unpaired) electrons. The van der Waals surface area contributed by atoms with Crippen molar-refractivity contribution in [2.24, 2.45) is 5.92 Å². The van der Waals surface area contributed by atoms with Crippen molar-refractivity contribution >= 4 is 40.6 Å². The molecule has 2 amide bonds. The van der Waals surface area contributed by atoms with Crippen LogP contribution >= 0.6 is 23.4 Å². The first-order valence-electron chi connectivity index (χ1n) is 11.5. The predicted octanol–water partition coefficient (Wildman–Crippen LogP) is 7.07. The molecule has 1 saturated carbocycles. The summed E-state index contributed by atoms with van der Waals surface area (Å²) in [5.74, 6) is 0.437. The highest BCUT2D eigenvalue weighted by Crippen LogP contribution is 2.40. The number of imide groups is 1. The standard InChI is InChI=1S/C26H27ClFNO4S/c1-2-32-22-13-18(12-20(27)24(22)33-16-19-10-6-7-11-21(19)28)14-23-25(30)29(26(31)34-23)15-17-8-4-3-5-9-17/h6-7,10-14,17H,2-5,8-9,15-16H2,1H3/b23-14+. The summed E-state index contributed by atoms with van der Waals surface area (Å²) < 4.78 is 25.5. The highest BCUT2D eigenvalue weighted by Gasteiger charge is 2.36. The molecule has 1 aliphatic heterocycles. The third kappa shape index (κ3) is 5.76. The second-order valence-corrected chi connectivity index (χ2v) is 9.84. The summed E-state index contributed by atoms with van der Waals surface area (Å²) in [6, 6.07) is 9.72. The topological polar surface area (TPSA) is 55.8 Å². The van der Waals surface area contributed by atoms with Gasteiger partial charge in [-0.15, -0.1) is 0 Å². The van der Waals surface area contributed by atoms with Gasteiger partial charge in [0.15, 0.2) is 11.5 Å². The lowest BCUT2D eigenvalue weighted by atomic mass is 9.89. The van der Waals surface area contributed by atoms with Gasteiger partial charge < -0.3 is 9.47 Å². The van der Waals surface area contributed by atoms with Crippen LogP contribution in [0.3, 0.4) is 0 Å². The minimum absolute atomic E-state index is 0.00807. The molecule has 8 heteroatoms. The minimum atomic E-state index is -0.364. The maximum Gasteiger partial charge on any atom is 0.293 e. The SMILES string of the molecule is CCOc1cc(/C=C2/SC(=O)N(CC3CCCCC3)C2=O)cc(Cl)c1OCc1ccccc1F. The number of nitrogens with zero attached hydrogens (tertiary/aromatic N) is 1. The molecule has 4 rings (SSSR count). The van der Waals surface area contributed by atoms with Crippen LogP contribution < -0.4 is 9.47 Å². The molecule has 2 aromatic rings. The van der Waals surface area contributed by atoms with Crippen LogP contribution in [0.15, 0.2) is 41.3 Å². The van der Waals surface area contributed by atoms with Gasteiger partial charge in [-0.25, -0.2) is 4.39 Å². The van der Waals surface area contributed by atoms with E-state index in [0.29, 0.717) is 46.6 Å². The number of carbonyl (C=O) groups is 2. The Morgan fingerprint density at radius 1 is 1.15 bits per heavy atom. The number of hydrogen-bond donors (Lipinski definition) is 0. The summed E-state index contributed by atoms with van der Waals surface area (Å²) in [5, 5.41) is 0.0396. The van der Waals surface area contributed by atoms with Gasteiger partial charge in [-0.1, -0.05) is 49.1 Å². The van der Waals surface area contributed by atoms with E-state index < -0.39 is 0 Å². The molecular weight excluding hydrogens is 477 g/mol. The molecule has 0 spiro atoms. The average Bonchev–Trinajstić information content (AvgIpc) is 3.08. The Morgan fingerprint density at radius 2 is 1.91 bits per heavy atom. The van der Waals surface area contributed by atoms with Crippen molar-refractivity contribution in [2.75, 3.05) is 13.2 Å². The van der Waals surface area contributed by atoms with Crippen molar-refractivity contribution in [3.05, 3.63) is 63.3 Å². The number of rotatable bonds is 8. The molecule has 180 valence electrons. The molecule has 1 heterocycles. The Kier molecular flexibility index (Phi) is 8.16. The molecule has 2 aromatic carbocycles. The number of carbonyl (C=O) groups excluding carboxylic acids is 2. The van der Waals surface area contributed by atoms with Crippen LogP contribution in [0.25, 0.3) is 6.08 Å². The summed E-state index contributed by atoms with van der Waals surface area (Å²) in [5.41, 5.74) is 1.02. The lowest BCUT2D eigenvalue weighted by molar-refractivity contribution is -0.123. The van der Waals surface area contributed by atoms with E-state index in [1.165, 1.54) is 17.4 Å². The number of amides is 2. The van der Waals surface area contributed by atoms with Gasteiger partial charge in [-0.2, -0.15) is 0 Å². The van der Waals surface area contributed by atoms with E-state index >= 15 is 0 Å². The summed E-state index contributed by atoms with van der Waals surface area (Å²) in [7, 11) is 0. The van der Waals surface area contributed by atoms with Crippen LogP contribution in [-0.4, -0.2) is 29.2 Å². The molecule has 34 heavy (non-hydrogen) atoms. The van der Waals surface area contributed by atoms with Gasteiger partial charge in [0, 0.05) is 12.1 Å². The Hall–Kier alpha value is -2.51. The first kappa shape index (κ1) is 24.6. The van der Waals surface area contributed by atoms with E-state index in [4.69, 9.17) is 21.1 Å². The summed E-state index contributed by atoms with van der Waals surface area (Å²) in [4.78, 5) is 27.2. The Morgan fingerprint density at radius 3 is 2.65 bits per heavy atom. The van der Waals surface area contributed by atoms with Crippen LogP contribution in [0, 0.1) is 11.7 Å². The summed E-state index contributed by atoms with van der Waals surface area (Å²) in [6.07, 6.45) is 7.30. The van der Waals surface area contributed by atoms with Gasteiger partial charge >= 0.3 is 0 Å². The number of benzene rings is 2. The van der Waals surface area contributed by atoms with Crippen LogP contribution in [0.2, 0.25) is 5.02 Å². The van der Waals surface area contributed by atoms with Crippen molar-refractivity contribution in [1.29, 1.82) is 0 Å². The third-order valence-electron chi connectivity index (χ3n) is 6.00. The van der Waals surface area contributed by atoms with Crippen molar-refractivity contribution in [3.63, 3.8) is 0 Å². The predicted molar refractivity (Wildman–Crippen MR) is 133 cm³/mol. The van der Waals surface area contributed by atoms with Gasteiger partial charge in [0.2, 0.25) is 0 Å². The zero-order valence-corrected chi connectivity index (χ0v) is 20.6. The molecule has 0 unspecified atom stereocenters. The minimum Gasteiger partial charge on any atom is -0.490 e. The van der Waals surface area contributed by atoms with E-state index in [0.717, 1.165) is 37.4 Å². The maximum atomic E-state index is 14.0. The Labute approximate surface area is 208 Å². The first-order chi connectivity index (χ1) is 16.5. The molecule has 0 N–H and O–H groups in total. The van der Waals surface area contributed by atoms with Gasteiger partial charge in [0.25, 0.3) is 11.1 Å². The maximum absolute atomic E-state index is 14.0. The summed E-state index contributed by atoms with van der Waals surface area (Å²) in [6.45, 7) is 2.67. The fourth-order valence-electron chi connectivity index (χ4n) is 4.28. The molecular formula is C26H27ClFNO4S. The Bertz CT molecular complexity index is 1100. The molecule has 1 saturated heterocycles. The lowest BCUT2D eigenvalue weighted by Gasteiger charge is -2.25. The second kappa shape index (κ2) is 11.3. The average molecular weight is 504 g/mol. The largest absolute Gasteiger partial charge is 0.490 e. The number of thioether (sulfide) groups is 1. The first-order valence-corrected chi connectivity index (χ1v) is 12.7. The number of halogens is 2. The van der Waals surface area contributed by atoms with Gasteiger partial charge in [0.05, 0.1) is 16.5 Å². The van der Waals surface area contributed by atoms with Crippen molar-refractivity contribution in [1.82, 2.24) is 4.90 Å². The quantitative estimate of drug-likeness (QED) is 0.360. The van der Waals surface area contributed by atoms with Crippen LogP contribution in [0.1, 0.15) is 50.2 Å². The summed E-state index contributed by atoms with van der Waals surface area (Å²) >= 11 is 7.43. The number of hydrogen-bond acceptors (Lipinski definition) is 5. The van der Waals surface area contributed by atoms with Gasteiger partial charge in [0.1, 0.15) is 12.4 Å². The van der Waals surface area contributed by atoms with Crippen LogP contribution in [0.4, 0.5) is 9.18 Å². The van der Waals surface area contributed by atoms with E-state index in [1.807, 2.05) is 6.92 Å². The zero-order valence-electron chi connectivity index (χ0n) is 19.0. The Balaban J connectivity index is 1.53. The normalized spacial score (nSPS) is 18.1. The van der Waals surface area contributed by atoms with Crippen molar-refractivity contribution in [2.45, 2.75) is 45.6 Å². The fraction of sp³-hybridized carbons (Fsp3) is 0.385. The second-order valence-electron chi connectivity index (χ2n) is 8.44.